The van der Waals surface area contributed by atoms with Crippen molar-refractivity contribution in [2.45, 2.75) is 120 Å². The lowest BCUT2D eigenvalue weighted by Crippen LogP contribution is -2.96. The summed E-state index contributed by atoms with van der Waals surface area (Å²) in [4.78, 5) is 82.5. The smallest absolute Gasteiger partial charge is 0.306 e. The molecule has 1 aromatic heterocycles. The molecule has 15 heteroatoms. The molecule has 6 bridgehead atoms. The summed E-state index contributed by atoms with van der Waals surface area (Å²) in [7, 11) is 1.22. The zero-order valence-corrected chi connectivity index (χ0v) is 29.4. The maximum absolute atomic E-state index is 14.8. The van der Waals surface area contributed by atoms with Crippen LogP contribution in [0.2, 0.25) is 0 Å². The standard InChI is InChI=1S/C36H40O15/c1-8-22(39)47-28-34-21(12-23(40)43-7)29(4)13-19(25-18(26(29)42)9-10-44-25)36(34)32-15-45-24(41)11-20(32)30(5)14-33(32,49-31(6,50-34)51-36)35(28,48-17(3)38)27(30)46-16(2)37/h9-10,19-21,27-28H,8,11-15H2,1-7H3/t19-,20+,21-,27+,28+,29-,30+,31?,32-,33-,34-,35+,36+/m1/s1. The van der Waals surface area contributed by atoms with Crippen LogP contribution in [-0.2, 0) is 61.9 Å². The first-order valence-electron chi connectivity index (χ1n) is 17.4. The minimum atomic E-state index is -2.17. The number of hydrogen-bond acceptors (Lipinski definition) is 15. The van der Waals surface area contributed by atoms with Crippen molar-refractivity contribution in [1.82, 2.24) is 0 Å². The number of fused-ring (bicyclic) bond motifs is 7. The second-order valence-electron chi connectivity index (χ2n) is 16.2. The van der Waals surface area contributed by atoms with Crippen LogP contribution in [0.25, 0.3) is 0 Å². The van der Waals surface area contributed by atoms with Crippen LogP contribution >= 0.6 is 0 Å². The SMILES string of the molecule is CCC(=O)O[C@@H]1[C@@]2(OC(C)=O)[C@@H](OC(C)=O)[C@@]3(C)C[C@]24OC2(C)O[C@]15[C@H](CC(=O)OC)[C@@]1(C)C[C@H](c6occc6C1=O)[C@]5(O2)[C@@]41COC(=O)C[C@@H]31. The largest absolute Gasteiger partial charge is 0.469 e. The molecule has 3 saturated heterocycles. The normalized spacial score (nSPS) is 50.1. The molecule has 3 aliphatic heterocycles. The number of furan rings is 1. The highest BCUT2D eigenvalue weighted by atomic mass is 16.9. The van der Waals surface area contributed by atoms with Crippen molar-refractivity contribution in [3.05, 3.63) is 23.7 Å². The van der Waals surface area contributed by atoms with Crippen molar-refractivity contribution < 1.29 is 71.1 Å². The van der Waals surface area contributed by atoms with Crippen molar-refractivity contribution in [2.75, 3.05) is 13.7 Å². The van der Waals surface area contributed by atoms with Crippen LogP contribution in [0.4, 0.5) is 0 Å². The van der Waals surface area contributed by atoms with Gasteiger partial charge in [0.05, 0.1) is 36.7 Å². The molecule has 5 aliphatic carbocycles. The molecule has 1 unspecified atom stereocenters. The van der Waals surface area contributed by atoms with Gasteiger partial charge in [0.15, 0.2) is 18.0 Å². The molecule has 0 radical (unpaired) electrons. The maximum atomic E-state index is 14.8. The number of carbonyl (C=O) groups is 6. The van der Waals surface area contributed by atoms with Crippen molar-refractivity contribution in [1.29, 1.82) is 0 Å². The molecule has 274 valence electrons. The lowest BCUT2D eigenvalue weighted by Gasteiger charge is -2.78. The van der Waals surface area contributed by atoms with E-state index in [4.69, 9.17) is 42.3 Å². The van der Waals surface area contributed by atoms with E-state index in [2.05, 4.69) is 0 Å². The van der Waals surface area contributed by atoms with Crippen molar-refractivity contribution >= 4 is 35.6 Å². The fraction of sp³-hybridized carbons (Fsp3) is 0.722. The average Bonchev–Trinajstić information content (AvgIpc) is 3.74. The highest BCUT2D eigenvalue weighted by molar-refractivity contribution is 6.03. The summed E-state index contributed by atoms with van der Waals surface area (Å²) in [6.07, 6.45) is -2.24. The summed E-state index contributed by atoms with van der Waals surface area (Å²) in [6, 6.07) is 1.59. The molecular weight excluding hydrogens is 672 g/mol. The number of carbonyl (C=O) groups excluding carboxylic acids is 6. The Hall–Kier alpha value is -3.82. The minimum Gasteiger partial charge on any atom is -0.469 e. The van der Waals surface area contributed by atoms with Crippen LogP contribution in [0.3, 0.4) is 0 Å². The second-order valence-corrected chi connectivity index (χ2v) is 16.2. The maximum Gasteiger partial charge on any atom is 0.306 e. The van der Waals surface area contributed by atoms with Gasteiger partial charge in [0.1, 0.15) is 29.2 Å². The highest BCUT2D eigenvalue weighted by Crippen LogP contribution is 2.92. The predicted octanol–water partition coefficient (Wildman–Crippen LogP) is 2.66. The molecule has 9 rings (SSSR count). The van der Waals surface area contributed by atoms with Crippen LogP contribution in [0, 0.1) is 28.1 Å². The molecule has 0 N–H and O–H groups in total. The Morgan fingerprint density at radius 3 is 2.37 bits per heavy atom. The van der Waals surface area contributed by atoms with E-state index in [-0.39, 0.29) is 38.1 Å². The quantitative estimate of drug-likeness (QED) is 0.309. The third-order valence-electron chi connectivity index (χ3n) is 14.2. The first-order valence-corrected chi connectivity index (χ1v) is 17.4. The molecule has 15 nitrogen and oxygen atoms in total. The zero-order valence-electron chi connectivity index (χ0n) is 29.4. The Kier molecular flexibility index (Phi) is 6.09. The number of rotatable bonds is 6. The van der Waals surface area contributed by atoms with Crippen molar-refractivity contribution in [2.24, 2.45) is 28.1 Å². The molecule has 4 heterocycles. The summed E-state index contributed by atoms with van der Waals surface area (Å²) in [6.45, 7) is 8.77. The van der Waals surface area contributed by atoms with Crippen molar-refractivity contribution in [3.8, 4) is 0 Å². The van der Waals surface area contributed by atoms with Crippen LogP contribution in [0.5, 0.6) is 0 Å². The van der Waals surface area contributed by atoms with E-state index >= 15 is 0 Å². The monoisotopic (exact) mass is 712 g/mol. The fourth-order valence-electron chi connectivity index (χ4n) is 13.3. The van der Waals surface area contributed by atoms with Gasteiger partial charge in [-0.3, -0.25) is 28.8 Å². The minimum absolute atomic E-state index is 0.0441. The van der Waals surface area contributed by atoms with Gasteiger partial charge in [-0.1, -0.05) is 20.8 Å². The lowest BCUT2D eigenvalue weighted by atomic mass is 9.30. The third-order valence-corrected chi connectivity index (χ3v) is 14.2. The first kappa shape index (κ1) is 33.0. The Morgan fingerprint density at radius 2 is 1.71 bits per heavy atom. The van der Waals surface area contributed by atoms with Gasteiger partial charge in [-0.2, -0.15) is 0 Å². The molecule has 8 aliphatic rings. The van der Waals surface area contributed by atoms with Crippen LogP contribution < -0.4 is 0 Å². The van der Waals surface area contributed by atoms with Gasteiger partial charge in [0, 0.05) is 50.4 Å². The number of ether oxygens (including phenoxy) is 8. The van der Waals surface area contributed by atoms with E-state index in [0.29, 0.717) is 11.3 Å². The first-order chi connectivity index (χ1) is 23.9. The number of esters is 5. The Labute approximate surface area is 292 Å². The van der Waals surface area contributed by atoms with Gasteiger partial charge in [-0.05, 0) is 24.8 Å². The summed E-state index contributed by atoms with van der Waals surface area (Å²) in [5.41, 5.74) is -11.5. The van der Waals surface area contributed by atoms with E-state index in [1.807, 2.05) is 6.92 Å². The molecule has 3 spiro atoms. The Bertz CT molecular complexity index is 1870. The van der Waals surface area contributed by atoms with Gasteiger partial charge < -0.3 is 42.3 Å². The van der Waals surface area contributed by atoms with E-state index in [9.17, 15) is 28.8 Å². The highest BCUT2D eigenvalue weighted by Gasteiger charge is 3.08. The van der Waals surface area contributed by atoms with E-state index < -0.39 is 111 Å². The van der Waals surface area contributed by atoms with E-state index in [1.165, 1.54) is 27.2 Å². The molecular formula is C36H40O15. The molecule has 51 heavy (non-hydrogen) atoms. The fourth-order valence-corrected chi connectivity index (χ4v) is 13.3. The van der Waals surface area contributed by atoms with Crippen LogP contribution in [-0.4, -0.2) is 89.9 Å². The summed E-state index contributed by atoms with van der Waals surface area (Å²) in [5, 5.41) is 0. The van der Waals surface area contributed by atoms with Crippen molar-refractivity contribution in [3.63, 3.8) is 0 Å². The number of Topliss-reactive ketones (excluding diaryl/α,β-unsaturated/α-hetero) is 1. The Balaban J connectivity index is 1.50. The summed E-state index contributed by atoms with van der Waals surface area (Å²) < 4.78 is 58.4. The molecule has 0 aromatic carbocycles. The lowest BCUT2D eigenvalue weighted by molar-refractivity contribution is -0.487. The van der Waals surface area contributed by atoms with Gasteiger partial charge in [-0.25, -0.2) is 0 Å². The molecule has 0 amide bonds. The second kappa shape index (κ2) is 9.39. The van der Waals surface area contributed by atoms with Crippen LogP contribution in [0.1, 0.15) is 95.7 Å². The Morgan fingerprint density at radius 1 is 0.961 bits per heavy atom. The van der Waals surface area contributed by atoms with Crippen LogP contribution in [0.15, 0.2) is 16.7 Å². The molecule has 1 aromatic rings. The van der Waals surface area contributed by atoms with Gasteiger partial charge in [-0.15, -0.1) is 0 Å². The van der Waals surface area contributed by atoms with Gasteiger partial charge >= 0.3 is 29.8 Å². The molecule has 13 atom stereocenters. The van der Waals surface area contributed by atoms with E-state index in [1.54, 1.807) is 26.8 Å². The zero-order chi connectivity index (χ0) is 36.5. The molecule has 7 fully saturated rings. The topological polar surface area (TPSA) is 189 Å². The number of methoxy groups -OCH3 is 1. The predicted molar refractivity (Wildman–Crippen MR) is 163 cm³/mol. The van der Waals surface area contributed by atoms with Gasteiger partial charge in [0.25, 0.3) is 5.97 Å². The average molecular weight is 713 g/mol. The van der Waals surface area contributed by atoms with Gasteiger partial charge in [0.2, 0.25) is 5.60 Å². The van der Waals surface area contributed by atoms with E-state index in [0.717, 1.165) is 0 Å². The summed E-state index contributed by atoms with van der Waals surface area (Å²) in [5.74, 6) is -8.26. The number of ketones is 1. The third kappa shape index (κ3) is 3.11. The number of hydrogen-bond donors (Lipinski definition) is 0. The summed E-state index contributed by atoms with van der Waals surface area (Å²) >= 11 is 0. The number of cyclic esters (lactones) is 1. The molecule has 4 saturated carbocycles.